The fourth-order valence-corrected chi connectivity index (χ4v) is 4.32. The number of benzene rings is 2. The Morgan fingerprint density at radius 3 is 2.57 bits per heavy atom. The predicted molar refractivity (Wildman–Crippen MR) is 118 cm³/mol. The number of morpholine rings is 1. The number of carbonyl (C=O) groups is 1. The molecule has 1 aliphatic rings. The van der Waals surface area contributed by atoms with Crippen LogP contribution in [0.15, 0.2) is 41.3 Å². The fraction of sp³-hybridized carbons (Fsp3) is 0.333. The molecule has 14 heteroatoms. The van der Waals surface area contributed by atoms with Crippen LogP contribution >= 0.6 is 11.6 Å². The number of amides is 1. The van der Waals surface area contributed by atoms with E-state index in [0.29, 0.717) is 25.8 Å². The summed E-state index contributed by atoms with van der Waals surface area (Å²) in [5, 5.41) is 11.0. The van der Waals surface area contributed by atoms with E-state index in [1.54, 1.807) is 0 Å². The standard InChI is InChI=1S/C21H19ClF3N3O6S/c22-17-4-3-16(12-19(17)35(30,31)21(23,24)25)34-20(29)27-15-2-1-14(13-26)18(11-15)33-10-7-28-5-8-32-9-6-28/h1-4,11-12H,5-10H2,(H,27,29). The Hall–Kier alpha value is -3.05. The average Bonchev–Trinajstić information content (AvgIpc) is 2.80. The molecule has 9 nitrogen and oxygen atoms in total. The summed E-state index contributed by atoms with van der Waals surface area (Å²) in [6.45, 7) is 3.67. The SMILES string of the molecule is N#Cc1ccc(NC(=O)Oc2ccc(Cl)c(S(=O)(=O)C(F)(F)F)c2)cc1OCCN1CCOCC1. The number of anilines is 1. The number of nitriles is 1. The van der Waals surface area contributed by atoms with Gasteiger partial charge in [0.15, 0.2) is 0 Å². The van der Waals surface area contributed by atoms with E-state index in [0.717, 1.165) is 25.2 Å². The molecule has 0 saturated carbocycles. The summed E-state index contributed by atoms with van der Waals surface area (Å²) in [7, 11) is -5.76. The second-order valence-corrected chi connectivity index (χ2v) is 9.50. The molecule has 0 atom stereocenters. The van der Waals surface area contributed by atoms with Crippen LogP contribution in [0.2, 0.25) is 5.02 Å². The lowest BCUT2D eigenvalue weighted by atomic mass is 10.2. The first-order chi connectivity index (χ1) is 16.5. The van der Waals surface area contributed by atoms with Gasteiger partial charge in [-0.2, -0.15) is 18.4 Å². The molecule has 1 amide bonds. The molecule has 0 aliphatic carbocycles. The second-order valence-electron chi connectivity index (χ2n) is 7.18. The minimum Gasteiger partial charge on any atom is -0.491 e. The molecule has 1 saturated heterocycles. The van der Waals surface area contributed by atoms with Crippen LogP contribution < -0.4 is 14.8 Å². The lowest BCUT2D eigenvalue weighted by molar-refractivity contribution is -0.0436. The number of halogens is 4. The third kappa shape index (κ3) is 6.76. The molecule has 0 aromatic heterocycles. The van der Waals surface area contributed by atoms with Gasteiger partial charge in [0.2, 0.25) is 0 Å². The minimum atomic E-state index is -5.76. The smallest absolute Gasteiger partial charge is 0.491 e. The number of hydrogen-bond donors (Lipinski definition) is 1. The molecule has 1 heterocycles. The topological polar surface area (TPSA) is 118 Å². The van der Waals surface area contributed by atoms with Gasteiger partial charge in [0.1, 0.15) is 24.2 Å². The predicted octanol–water partition coefficient (Wildman–Crippen LogP) is 3.83. The summed E-state index contributed by atoms with van der Waals surface area (Å²) in [6.07, 6.45) is -1.12. The molecule has 0 unspecified atom stereocenters. The zero-order chi connectivity index (χ0) is 25.6. The van der Waals surface area contributed by atoms with E-state index in [2.05, 4.69) is 10.2 Å². The summed E-state index contributed by atoms with van der Waals surface area (Å²) in [4.78, 5) is 13.1. The maximum atomic E-state index is 12.9. The van der Waals surface area contributed by atoms with E-state index in [1.165, 1.54) is 18.2 Å². The van der Waals surface area contributed by atoms with Crippen molar-refractivity contribution in [3.8, 4) is 17.6 Å². The normalized spacial score (nSPS) is 14.7. The molecule has 1 fully saturated rings. The van der Waals surface area contributed by atoms with Crippen molar-refractivity contribution in [2.24, 2.45) is 0 Å². The first kappa shape index (κ1) is 26.6. The molecule has 0 spiro atoms. The summed E-state index contributed by atoms with van der Waals surface area (Å²) >= 11 is 5.61. The van der Waals surface area contributed by atoms with Crippen LogP contribution in [-0.4, -0.2) is 64.4 Å². The first-order valence-electron chi connectivity index (χ1n) is 10.1. The Labute approximate surface area is 203 Å². The molecule has 1 N–H and O–H groups in total. The Bertz CT molecular complexity index is 1230. The lowest BCUT2D eigenvalue weighted by Crippen LogP contribution is -2.38. The quantitative estimate of drug-likeness (QED) is 0.570. The lowest BCUT2D eigenvalue weighted by Gasteiger charge is -2.26. The molecule has 2 aromatic rings. The van der Waals surface area contributed by atoms with Crippen molar-refractivity contribution >= 4 is 33.2 Å². The zero-order valence-corrected chi connectivity index (χ0v) is 19.5. The molecule has 3 rings (SSSR count). The van der Waals surface area contributed by atoms with E-state index < -0.39 is 37.1 Å². The molecule has 2 aromatic carbocycles. The van der Waals surface area contributed by atoms with Gasteiger partial charge in [-0.25, -0.2) is 13.2 Å². The summed E-state index contributed by atoms with van der Waals surface area (Å²) in [5.74, 6) is -0.269. The van der Waals surface area contributed by atoms with E-state index >= 15 is 0 Å². The molecular formula is C21H19ClF3N3O6S. The number of sulfone groups is 1. The number of hydrogen-bond acceptors (Lipinski definition) is 8. The average molecular weight is 534 g/mol. The first-order valence-corrected chi connectivity index (χ1v) is 11.9. The third-order valence-corrected chi connectivity index (χ3v) is 6.79. The van der Waals surface area contributed by atoms with Gasteiger partial charge >= 0.3 is 11.6 Å². The van der Waals surface area contributed by atoms with Crippen molar-refractivity contribution in [3.05, 3.63) is 47.0 Å². The Morgan fingerprint density at radius 1 is 1.20 bits per heavy atom. The van der Waals surface area contributed by atoms with Gasteiger partial charge in [-0.3, -0.25) is 10.2 Å². The largest absolute Gasteiger partial charge is 0.501 e. The Morgan fingerprint density at radius 2 is 1.91 bits per heavy atom. The van der Waals surface area contributed by atoms with Crippen molar-refractivity contribution in [2.45, 2.75) is 10.4 Å². The van der Waals surface area contributed by atoms with Gasteiger partial charge < -0.3 is 14.2 Å². The summed E-state index contributed by atoms with van der Waals surface area (Å²) in [5.41, 5.74) is -5.18. The molecule has 1 aliphatic heterocycles. The number of carbonyl (C=O) groups excluding carboxylic acids is 1. The second kappa shape index (κ2) is 11.1. The van der Waals surface area contributed by atoms with Gasteiger partial charge in [0, 0.05) is 37.5 Å². The summed E-state index contributed by atoms with van der Waals surface area (Å²) < 4.78 is 77.8. The van der Waals surface area contributed by atoms with Crippen LogP contribution in [0.5, 0.6) is 11.5 Å². The molecule has 35 heavy (non-hydrogen) atoms. The maximum Gasteiger partial charge on any atom is 0.501 e. The van der Waals surface area contributed by atoms with Gasteiger partial charge in [-0.1, -0.05) is 11.6 Å². The van der Waals surface area contributed by atoms with E-state index in [1.807, 2.05) is 6.07 Å². The van der Waals surface area contributed by atoms with Crippen LogP contribution in [0.4, 0.5) is 23.7 Å². The van der Waals surface area contributed by atoms with Gasteiger partial charge in [0.05, 0.1) is 28.7 Å². The molecular weight excluding hydrogens is 515 g/mol. The highest BCUT2D eigenvalue weighted by Crippen LogP contribution is 2.36. The van der Waals surface area contributed by atoms with Gasteiger partial charge in [0.25, 0.3) is 9.84 Å². The van der Waals surface area contributed by atoms with Gasteiger partial charge in [-0.05, 0) is 24.3 Å². The molecule has 0 radical (unpaired) electrons. The van der Waals surface area contributed by atoms with Crippen LogP contribution in [0.1, 0.15) is 5.56 Å². The monoisotopic (exact) mass is 533 g/mol. The van der Waals surface area contributed by atoms with Gasteiger partial charge in [-0.15, -0.1) is 0 Å². The van der Waals surface area contributed by atoms with Crippen molar-refractivity contribution in [1.82, 2.24) is 4.90 Å². The number of nitrogens with one attached hydrogen (secondary N) is 1. The van der Waals surface area contributed by atoms with E-state index in [-0.39, 0.29) is 23.6 Å². The number of rotatable bonds is 7. The third-order valence-electron chi connectivity index (χ3n) is 4.82. The highest BCUT2D eigenvalue weighted by molar-refractivity contribution is 7.92. The highest BCUT2D eigenvalue weighted by atomic mass is 35.5. The van der Waals surface area contributed by atoms with Crippen molar-refractivity contribution in [1.29, 1.82) is 5.26 Å². The molecule has 188 valence electrons. The zero-order valence-electron chi connectivity index (χ0n) is 18.0. The van der Waals surface area contributed by atoms with Crippen molar-refractivity contribution < 1.29 is 40.6 Å². The van der Waals surface area contributed by atoms with Crippen molar-refractivity contribution in [2.75, 3.05) is 44.8 Å². The van der Waals surface area contributed by atoms with E-state index in [4.69, 9.17) is 25.8 Å². The van der Waals surface area contributed by atoms with Crippen LogP contribution in [0.3, 0.4) is 0 Å². The Kier molecular flexibility index (Phi) is 8.44. The summed E-state index contributed by atoms with van der Waals surface area (Å²) in [6, 6.07) is 8.59. The maximum absolute atomic E-state index is 12.9. The minimum absolute atomic E-state index is 0.174. The van der Waals surface area contributed by atoms with Crippen molar-refractivity contribution in [3.63, 3.8) is 0 Å². The number of alkyl halides is 3. The number of nitrogens with zero attached hydrogens (tertiary/aromatic N) is 2. The highest BCUT2D eigenvalue weighted by Gasteiger charge is 2.48. The number of ether oxygens (including phenoxy) is 3. The van der Waals surface area contributed by atoms with Crippen LogP contribution in [0, 0.1) is 11.3 Å². The van der Waals surface area contributed by atoms with Crippen LogP contribution in [0.25, 0.3) is 0 Å². The molecule has 0 bridgehead atoms. The van der Waals surface area contributed by atoms with Crippen LogP contribution in [-0.2, 0) is 14.6 Å². The van der Waals surface area contributed by atoms with E-state index in [9.17, 15) is 31.6 Å². The fourth-order valence-electron chi connectivity index (χ4n) is 3.05. The Balaban J connectivity index is 1.67.